The lowest BCUT2D eigenvalue weighted by Crippen LogP contribution is -2.44. The Morgan fingerprint density at radius 3 is 2.35 bits per heavy atom. The molecule has 10 nitrogen and oxygen atoms in total. The van der Waals surface area contributed by atoms with Crippen LogP contribution < -0.4 is 4.72 Å². The maximum Gasteiger partial charge on any atom is 0.422 e. The number of ether oxygens (including phenoxy) is 5. The summed E-state index contributed by atoms with van der Waals surface area (Å²) in [7, 11) is -3.89. The number of carbonyl (C=O) groups excluding carboxylic acids is 1. The zero-order chi connectivity index (χ0) is 24.6. The second-order valence-electron chi connectivity index (χ2n) is 9.77. The number of unbranched alkanes of at least 4 members (excludes halogenated alkanes) is 7. The fourth-order valence-electron chi connectivity index (χ4n) is 4.62. The highest BCUT2D eigenvalue weighted by Crippen LogP contribution is 2.39. The third-order valence-corrected chi connectivity index (χ3v) is 7.86. The predicted octanol–water partition coefficient (Wildman–Crippen LogP) is 3.46. The number of rotatable bonds is 14. The molecule has 0 aromatic rings. The molecule has 3 fully saturated rings. The summed E-state index contributed by atoms with van der Waals surface area (Å²) < 4.78 is 56.7. The third kappa shape index (κ3) is 8.03. The summed E-state index contributed by atoms with van der Waals surface area (Å²) in [4.78, 5) is 12.2. The topological polar surface area (TPSA) is 113 Å². The Morgan fingerprint density at radius 2 is 1.68 bits per heavy atom. The minimum atomic E-state index is -3.89. The molecule has 0 radical (unpaired) electrons. The number of carbonyl (C=O) groups is 1. The molecule has 1 amide bonds. The normalized spacial score (nSPS) is 28.8. The van der Waals surface area contributed by atoms with E-state index in [-0.39, 0.29) is 6.61 Å². The van der Waals surface area contributed by atoms with Crippen LogP contribution in [0.25, 0.3) is 0 Å². The quantitative estimate of drug-likeness (QED) is 0.357. The highest BCUT2D eigenvalue weighted by atomic mass is 32.2. The first-order chi connectivity index (χ1) is 16.2. The smallest absolute Gasteiger partial charge is 0.422 e. The molecule has 3 aliphatic heterocycles. The summed E-state index contributed by atoms with van der Waals surface area (Å²) in [5.41, 5.74) is 0. The van der Waals surface area contributed by atoms with Crippen molar-refractivity contribution < 1.29 is 36.9 Å². The van der Waals surface area contributed by atoms with Gasteiger partial charge in [0.1, 0.15) is 24.9 Å². The summed E-state index contributed by atoms with van der Waals surface area (Å²) in [5, 5.41) is 0. The lowest BCUT2D eigenvalue weighted by Gasteiger charge is -2.26. The molecule has 0 bridgehead atoms. The molecule has 0 aromatic heterocycles. The van der Waals surface area contributed by atoms with Crippen LogP contribution in [-0.4, -0.2) is 75.5 Å². The molecule has 34 heavy (non-hydrogen) atoms. The Hall–Kier alpha value is -0.980. The van der Waals surface area contributed by atoms with Crippen molar-refractivity contribution in [3.8, 4) is 0 Å². The second kappa shape index (κ2) is 12.8. The standard InChI is InChI=1S/C23H42N2O8S/c1-4-5-6-7-8-9-10-13-16-29-19-18(31-21-20(19)32-23(2,3)33-21)17-30-22(26)24-34(27,28)25-14-11-12-15-25/h18-21H,4-17H2,1-3H3,(H,24,26)/t18-,19+,20-,21-/m1/s1. The largest absolute Gasteiger partial charge is 0.446 e. The van der Waals surface area contributed by atoms with E-state index in [1.165, 1.54) is 42.8 Å². The first kappa shape index (κ1) is 27.6. The van der Waals surface area contributed by atoms with Crippen molar-refractivity contribution >= 4 is 16.3 Å². The van der Waals surface area contributed by atoms with Gasteiger partial charge >= 0.3 is 16.3 Å². The molecule has 0 unspecified atom stereocenters. The maximum atomic E-state index is 12.3. The lowest BCUT2D eigenvalue weighted by atomic mass is 10.1. The molecule has 0 aromatic carbocycles. The van der Waals surface area contributed by atoms with E-state index in [4.69, 9.17) is 23.7 Å². The van der Waals surface area contributed by atoms with Crippen molar-refractivity contribution in [2.75, 3.05) is 26.3 Å². The average molecular weight is 507 g/mol. The molecular formula is C23H42N2O8S. The molecule has 4 atom stereocenters. The van der Waals surface area contributed by atoms with Crippen LogP contribution in [0.2, 0.25) is 0 Å². The third-order valence-electron chi connectivity index (χ3n) is 6.39. The molecule has 3 aliphatic rings. The van der Waals surface area contributed by atoms with Gasteiger partial charge in [0.15, 0.2) is 12.1 Å². The van der Waals surface area contributed by atoms with E-state index in [2.05, 4.69) is 6.92 Å². The highest BCUT2D eigenvalue weighted by Gasteiger charge is 2.55. The van der Waals surface area contributed by atoms with E-state index in [0.29, 0.717) is 19.7 Å². The number of hydrogen-bond acceptors (Lipinski definition) is 8. The maximum absolute atomic E-state index is 12.3. The minimum Gasteiger partial charge on any atom is -0.446 e. The summed E-state index contributed by atoms with van der Waals surface area (Å²) in [6.45, 7) is 7.02. The molecule has 3 saturated heterocycles. The van der Waals surface area contributed by atoms with E-state index in [0.717, 1.165) is 25.7 Å². The number of nitrogens with zero attached hydrogens (tertiary/aromatic N) is 1. The van der Waals surface area contributed by atoms with Gasteiger partial charge < -0.3 is 23.7 Å². The van der Waals surface area contributed by atoms with Crippen molar-refractivity contribution in [3.05, 3.63) is 0 Å². The van der Waals surface area contributed by atoms with Gasteiger partial charge in [-0.3, -0.25) is 0 Å². The van der Waals surface area contributed by atoms with Gasteiger partial charge in [-0.2, -0.15) is 12.7 Å². The summed E-state index contributed by atoms with van der Waals surface area (Å²) in [6.07, 6.45) is 7.98. The number of hydrogen-bond donors (Lipinski definition) is 1. The zero-order valence-electron chi connectivity index (χ0n) is 20.8. The Bertz CT molecular complexity index is 741. The van der Waals surface area contributed by atoms with E-state index in [1.54, 1.807) is 0 Å². The van der Waals surface area contributed by atoms with Crippen LogP contribution in [0.15, 0.2) is 0 Å². The molecule has 0 saturated carbocycles. The van der Waals surface area contributed by atoms with Crippen LogP contribution in [0.3, 0.4) is 0 Å². The number of nitrogens with one attached hydrogen (secondary N) is 1. The van der Waals surface area contributed by atoms with Gasteiger partial charge in [-0.1, -0.05) is 51.9 Å². The lowest BCUT2D eigenvalue weighted by molar-refractivity contribution is -0.221. The average Bonchev–Trinajstić information content (AvgIpc) is 3.47. The van der Waals surface area contributed by atoms with Gasteiger partial charge in [0.05, 0.1) is 0 Å². The Kier molecular flexibility index (Phi) is 10.4. The van der Waals surface area contributed by atoms with Gasteiger partial charge in [0.2, 0.25) is 0 Å². The predicted molar refractivity (Wildman–Crippen MR) is 125 cm³/mol. The van der Waals surface area contributed by atoms with Crippen LogP contribution in [0, 0.1) is 0 Å². The van der Waals surface area contributed by atoms with E-state index >= 15 is 0 Å². The molecule has 0 aliphatic carbocycles. The van der Waals surface area contributed by atoms with Crippen LogP contribution in [0.1, 0.15) is 85.0 Å². The van der Waals surface area contributed by atoms with Gasteiger partial charge in [-0.25, -0.2) is 9.52 Å². The van der Waals surface area contributed by atoms with Crippen LogP contribution in [-0.2, 0) is 33.9 Å². The Labute approximate surface area is 204 Å². The summed E-state index contributed by atoms with van der Waals surface area (Å²) >= 11 is 0. The first-order valence-corrected chi connectivity index (χ1v) is 14.2. The van der Waals surface area contributed by atoms with Crippen molar-refractivity contribution in [2.24, 2.45) is 0 Å². The molecular weight excluding hydrogens is 464 g/mol. The molecule has 3 heterocycles. The molecule has 198 valence electrons. The zero-order valence-corrected chi connectivity index (χ0v) is 21.6. The van der Waals surface area contributed by atoms with Crippen LogP contribution >= 0.6 is 0 Å². The summed E-state index contributed by atoms with van der Waals surface area (Å²) in [6, 6.07) is 0. The fraction of sp³-hybridized carbons (Fsp3) is 0.957. The van der Waals surface area contributed by atoms with Crippen molar-refractivity contribution in [2.45, 2.75) is 115 Å². The molecule has 0 spiro atoms. The molecule has 11 heteroatoms. The Morgan fingerprint density at radius 1 is 1.03 bits per heavy atom. The van der Waals surface area contributed by atoms with E-state index in [1.807, 2.05) is 18.6 Å². The van der Waals surface area contributed by atoms with Gasteiger partial charge in [0, 0.05) is 19.7 Å². The summed E-state index contributed by atoms with van der Waals surface area (Å²) in [5.74, 6) is -0.789. The monoisotopic (exact) mass is 506 g/mol. The minimum absolute atomic E-state index is 0.163. The van der Waals surface area contributed by atoms with Gasteiger partial charge in [-0.05, 0) is 33.1 Å². The fourth-order valence-corrected chi connectivity index (χ4v) is 5.76. The van der Waals surface area contributed by atoms with Crippen molar-refractivity contribution in [1.82, 2.24) is 9.03 Å². The molecule has 1 N–H and O–H groups in total. The van der Waals surface area contributed by atoms with Crippen molar-refractivity contribution in [1.29, 1.82) is 0 Å². The van der Waals surface area contributed by atoms with Crippen LogP contribution in [0.4, 0.5) is 4.79 Å². The highest BCUT2D eigenvalue weighted by molar-refractivity contribution is 7.87. The van der Waals surface area contributed by atoms with E-state index in [9.17, 15) is 13.2 Å². The first-order valence-electron chi connectivity index (χ1n) is 12.8. The number of amides is 1. The van der Waals surface area contributed by atoms with Crippen molar-refractivity contribution in [3.63, 3.8) is 0 Å². The van der Waals surface area contributed by atoms with Gasteiger partial charge in [-0.15, -0.1) is 0 Å². The SMILES string of the molecule is CCCCCCCCCCO[C@@H]1[C@H]2OC(C)(C)O[C@H]2O[C@@H]1COC(=O)NS(=O)(=O)N1CCCC1. The Balaban J connectivity index is 1.43. The van der Waals surface area contributed by atoms with Gasteiger partial charge in [0.25, 0.3) is 0 Å². The second-order valence-corrected chi connectivity index (χ2v) is 11.4. The van der Waals surface area contributed by atoms with Crippen LogP contribution in [0.5, 0.6) is 0 Å². The molecule has 3 rings (SSSR count). The van der Waals surface area contributed by atoms with E-state index < -0.39 is 46.7 Å². The number of fused-ring (bicyclic) bond motifs is 1.